The molecule has 7 heteroatoms. The molecule has 2 aromatic heterocycles. The highest BCUT2D eigenvalue weighted by Gasteiger charge is 2.24. The van der Waals surface area contributed by atoms with Crippen molar-refractivity contribution in [2.24, 2.45) is 0 Å². The van der Waals surface area contributed by atoms with Gasteiger partial charge in [-0.15, -0.1) is 0 Å². The number of rotatable bonds is 2. The Morgan fingerprint density at radius 2 is 2.25 bits per heavy atom. The molecule has 0 bridgehead atoms. The molecule has 1 aliphatic heterocycles. The first-order chi connectivity index (χ1) is 9.63. The highest BCUT2D eigenvalue weighted by atomic mass is 19.1. The van der Waals surface area contributed by atoms with Crippen molar-refractivity contribution in [3.63, 3.8) is 0 Å². The lowest BCUT2D eigenvalue weighted by atomic mass is 9.96. The molecule has 0 amide bonds. The zero-order valence-corrected chi connectivity index (χ0v) is 11.1. The van der Waals surface area contributed by atoms with Crippen molar-refractivity contribution in [2.45, 2.75) is 31.8 Å². The van der Waals surface area contributed by atoms with Crippen LogP contribution in [-0.4, -0.2) is 32.6 Å². The summed E-state index contributed by atoms with van der Waals surface area (Å²) < 4.78 is 19.2. The van der Waals surface area contributed by atoms with Gasteiger partial charge in [0.25, 0.3) is 0 Å². The second-order valence-corrected chi connectivity index (χ2v) is 5.01. The standard InChI is InChI=1S/C13H16FN5O/c1-7-4-8(2-3-20-7)12-16-6-10(18-12)11-9(14)5-17-13(15)19-11/h5-8H,2-4H2,1H3,(H,16,18)(H2,15,17,19). The third kappa shape index (κ3) is 2.49. The van der Waals surface area contributed by atoms with Crippen molar-refractivity contribution in [1.29, 1.82) is 0 Å². The van der Waals surface area contributed by atoms with Crippen LogP contribution in [0.2, 0.25) is 0 Å². The molecular weight excluding hydrogens is 261 g/mol. The molecule has 0 aromatic carbocycles. The van der Waals surface area contributed by atoms with Gasteiger partial charge in [0, 0.05) is 12.5 Å². The molecule has 2 atom stereocenters. The average molecular weight is 277 g/mol. The number of nitrogen functional groups attached to an aromatic ring is 1. The lowest BCUT2D eigenvalue weighted by molar-refractivity contribution is 0.0174. The summed E-state index contributed by atoms with van der Waals surface area (Å²) in [4.78, 5) is 15.0. The number of halogens is 1. The van der Waals surface area contributed by atoms with Crippen LogP contribution in [-0.2, 0) is 4.74 Å². The number of imidazole rings is 1. The van der Waals surface area contributed by atoms with E-state index in [0.717, 1.165) is 31.5 Å². The van der Waals surface area contributed by atoms with Crippen molar-refractivity contribution in [2.75, 3.05) is 12.3 Å². The van der Waals surface area contributed by atoms with Crippen LogP contribution >= 0.6 is 0 Å². The largest absolute Gasteiger partial charge is 0.378 e. The minimum absolute atomic E-state index is 0.0391. The molecule has 3 rings (SSSR count). The molecule has 0 radical (unpaired) electrons. The van der Waals surface area contributed by atoms with Gasteiger partial charge in [-0.05, 0) is 19.8 Å². The number of anilines is 1. The maximum atomic E-state index is 13.7. The van der Waals surface area contributed by atoms with Gasteiger partial charge >= 0.3 is 0 Å². The van der Waals surface area contributed by atoms with E-state index in [0.29, 0.717) is 11.6 Å². The molecule has 1 aliphatic rings. The Labute approximate surface area is 115 Å². The smallest absolute Gasteiger partial charge is 0.220 e. The SMILES string of the molecule is CC1CC(c2ncc(-c3nc(N)ncc3F)[nH]2)CCO1. The number of hydrogen-bond donors (Lipinski definition) is 2. The lowest BCUT2D eigenvalue weighted by Gasteiger charge is -2.25. The fraction of sp³-hybridized carbons (Fsp3) is 0.462. The van der Waals surface area contributed by atoms with Gasteiger partial charge in [0.05, 0.1) is 24.2 Å². The number of aromatic amines is 1. The van der Waals surface area contributed by atoms with Gasteiger partial charge in [0.1, 0.15) is 11.5 Å². The molecular formula is C13H16FN5O. The number of H-pyrrole nitrogens is 1. The number of hydrogen-bond acceptors (Lipinski definition) is 5. The van der Waals surface area contributed by atoms with Crippen LogP contribution in [0.5, 0.6) is 0 Å². The van der Waals surface area contributed by atoms with Gasteiger partial charge in [-0.3, -0.25) is 0 Å². The third-order valence-electron chi connectivity index (χ3n) is 3.49. The van der Waals surface area contributed by atoms with Crippen molar-refractivity contribution in [3.05, 3.63) is 24.0 Å². The van der Waals surface area contributed by atoms with E-state index in [-0.39, 0.29) is 17.7 Å². The van der Waals surface area contributed by atoms with Crippen molar-refractivity contribution >= 4 is 5.95 Å². The second-order valence-electron chi connectivity index (χ2n) is 5.01. The molecule has 3 heterocycles. The summed E-state index contributed by atoms with van der Waals surface area (Å²) in [7, 11) is 0. The molecule has 0 aliphatic carbocycles. The summed E-state index contributed by atoms with van der Waals surface area (Å²) in [5, 5.41) is 0. The Hall–Kier alpha value is -2.02. The first kappa shape index (κ1) is 13.0. The van der Waals surface area contributed by atoms with E-state index in [1.54, 1.807) is 6.20 Å². The molecule has 106 valence electrons. The fourth-order valence-electron chi connectivity index (χ4n) is 2.48. The van der Waals surface area contributed by atoms with E-state index in [1.807, 2.05) is 6.92 Å². The van der Waals surface area contributed by atoms with Gasteiger partial charge in [-0.25, -0.2) is 19.3 Å². The summed E-state index contributed by atoms with van der Waals surface area (Å²) in [5.41, 5.74) is 6.16. The van der Waals surface area contributed by atoms with Crippen molar-refractivity contribution in [3.8, 4) is 11.4 Å². The molecule has 2 aromatic rings. The van der Waals surface area contributed by atoms with E-state index in [9.17, 15) is 4.39 Å². The van der Waals surface area contributed by atoms with Crippen LogP contribution in [0.3, 0.4) is 0 Å². The monoisotopic (exact) mass is 277 g/mol. The molecule has 1 fully saturated rings. The minimum Gasteiger partial charge on any atom is -0.378 e. The predicted molar refractivity (Wildman–Crippen MR) is 71.4 cm³/mol. The van der Waals surface area contributed by atoms with E-state index in [4.69, 9.17) is 10.5 Å². The van der Waals surface area contributed by atoms with E-state index in [1.165, 1.54) is 0 Å². The number of nitrogens with two attached hydrogens (primary N) is 1. The first-order valence-corrected chi connectivity index (χ1v) is 6.58. The zero-order chi connectivity index (χ0) is 14.1. The molecule has 6 nitrogen and oxygen atoms in total. The van der Waals surface area contributed by atoms with E-state index < -0.39 is 5.82 Å². The van der Waals surface area contributed by atoms with Crippen LogP contribution in [0.15, 0.2) is 12.4 Å². The summed E-state index contributed by atoms with van der Waals surface area (Å²) in [6.45, 7) is 2.76. The number of aromatic nitrogens is 4. The highest BCUT2D eigenvalue weighted by molar-refractivity contribution is 5.55. The topological polar surface area (TPSA) is 89.7 Å². The molecule has 20 heavy (non-hydrogen) atoms. The number of nitrogens with zero attached hydrogens (tertiary/aromatic N) is 3. The predicted octanol–water partition coefficient (Wildman–Crippen LogP) is 1.87. The Morgan fingerprint density at radius 1 is 1.40 bits per heavy atom. The van der Waals surface area contributed by atoms with Crippen molar-refractivity contribution in [1.82, 2.24) is 19.9 Å². The van der Waals surface area contributed by atoms with Gasteiger partial charge in [-0.2, -0.15) is 0 Å². The van der Waals surface area contributed by atoms with Crippen LogP contribution in [0.25, 0.3) is 11.4 Å². The fourth-order valence-corrected chi connectivity index (χ4v) is 2.48. The van der Waals surface area contributed by atoms with Crippen molar-refractivity contribution < 1.29 is 9.13 Å². The maximum Gasteiger partial charge on any atom is 0.220 e. The Bertz CT molecular complexity index is 615. The van der Waals surface area contributed by atoms with Crippen LogP contribution < -0.4 is 5.73 Å². The lowest BCUT2D eigenvalue weighted by Crippen LogP contribution is -2.22. The normalized spacial score (nSPS) is 22.9. The van der Waals surface area contributed by atoms with Gasteiger partial charge in [-0.1, -0.05) is 0 Å². The Balaban J connectivity index is 1.88. The van der Waals surface area contributed by atoms with Crippen LogP contribution in [0, 0.1) is 5.82 Å². The van der Waals surface area contributed by atoms with E-state index >= 15 is 0 Å². The third-order valence-corrected chi connectivity index (χ3v) is 3.49. The summed E-state index contributed by atoms with van der Waals surface area (Å²) >= 11 is 0. The van der Waals surface area contributed by atoms with Crippen LogP contribution in [0.1, 0.15) is 31.5 Å². The minimum atomic E-state index is -0.519. The molecule has 1 saturated heterocycles. The van der Waals surface area contributed by atoms with Gasteiger partial charge in [0.2, 0.25) is 5.95 Å². The van der Waals surface area contributed by atoms with E-state index in [2.05, 4.69) is 19.9 Å². The first-order valence-electron chi connectivity index (χ1n) is 6.58. The van der Waals surface area contributed by atoms with Gasteiger partial charge < -0.3 is 15.5 Å². The second kappa shape index (κ2) is 5.16. The quantitative estimate of drug-likeness (QED) is 0.874. The molecule has 2 unspecified atom stereocenters. The summed E-state index contributed by atoms with van der Waals surface area (Å²) in [5.74, 6) is 0.661. The molecule has 0 spiro atoms. The number of nitrogens with one attached hydrogen (secondary N) is 1. The summed E-state index contributed by atoms with van der Waals surface area (Å²) in [6, 6.07) is 0. The average Bonchev–Trinajstić information content (AvgIpc) is 2.91. The number of ether oxygens (including phenoxy) is 1. The Kier molecular flexibility index (Phi) is 3.35. The summed E-state index contributed by atoms with van der Waals surface area (Å²) in [6.07, 6.45) is 4.68. The van der Waals surface area contributed by atoms with Gasteiger partial charge in [0.15, 0.2) is 5.82 Å². The molecule has 3 N–H and O–H groups in total. The molecule has 0 saturated carbocycles. The zero-order valence-electron chi connectivity index (χ0n) is 11.1. The maximum absolute atomic E-state index is 13.7. The highest BCUT2D eigenvalue weighted by Crippen LogP contribution is 2.29. The van der Waals surface area contributed by atoms with Crippen LogP contribution in [0.4, 0.5) is 10.3 Å². The Morgan fingerprint density at radius 3 is 3.05 bits per heavy atom.